The number of hydrogen-bond donors (Lipinski definition) is 0. The van der Waals surface area contributed by atoms with Gasteiger partial charge in [-0.3, -0.25) is 9.78 Å². The first-order valence-corrected chi connectivity index (χ1v) is 7.57. The van der Waals surface area contributed by atoms with Gasteiger partial charge < -0.3 is 9.64 Å². The molecule has 0 saturated carbocycles. The summed E-state index contributed by atoms with van der Waals surface area (Å²) < 4.78 is 5.28. The molecule has 2 heterocycles. The Bertz CT molecular complexity index is 674. The van der Waals surface area contributed by atoms with E-state index >= 15 is 0 Å². The lowest BCUT2D eigenvalue weighted by molar-refractivity contribution is 0.0303. The highest BCUT2D eigenvalue weighted by Crippen LogP contribution is 2.22. The van der Waals surface area contributed by atoms with Crippen LogP contribution in [0.15, 0.2) is 36.4 Å². The van der Waals surface area contributed by atoms with Crippen molar-refractivity contribution in [3.63, 3.8) is 0 Å². The summed E-state index contributed by atoms with van der Waals surface area (Å²) in [4.78, 5) is 18.9. The molecule has 0 aliphatic carbocycles. The standard InChI is InChI=1S/C18H20N2O2/c1-13-3-4-14(2)19-17(13)15-5-7-16(8-6-15)18(21)20-9-11-22-12-10-20/h3-8H,9-12H2,1-2H3. The van der Waals surface area contributed by atoms with Crippen molar-refractivity contribution in [2.45, 2.75) is 13.8 Å². The maximum Gasteiger partial charge on any atom is 0.254 e. The molecule has 0 atom stereocenters. The lowest BCUT2D eigenvalue weighted by Gasteiger charge is -2.26. The van der Waals surface area contributed by atoms with Crippen molar-refractivity contribution in [2.75, 3.05) is 26.3 Å². The van der Waals surface area contributed by atoms with Gasteiger partial charge in [0.05, 0.1) is 18.9 Å². The van der Waals surface area contributed by atoms with Crippen molar-refractivity contribution in [1.29, 1.82) is 0 Å². The highest BCUT2D eigenvalue weighted by molar-refractivity contribution is 5.94. The maximum absolute atomic E-state index is 12.4. The second-order valence-corrected chi connectivity index (χ2v) is 5.60. The molecule has 3 rings (SSSR count). The molecule has 0 spiro atoms. The van der Waals surface area contributed by atoms with Crippen molar-refractivity contribution < 1.29 is 9.53 Å². The van der Waals surface area contributed by atoms with E-state index in [0.29, 0.717) is 26.3 Å². The molecule has 2 aromatic rings. The number of carbonyl (C=O) groups excluding carboxylic acids is 1. The molecule has 0 N–H and O–H groups in total. The van der Waals surface area contributed by atoms with Gasteiger partial charge >= 0.3 is 0 Å². The average molecular weight is 296 g/mol. The van der Waals surface area contributed by atoms with Crippen molar-refractivity contribution >= 4 is 5.91 Å². The zero-order chi connectivity index (χ0) is 15.5. The molecule has 1 aliphatic rings. The van der Waals surface area contributed by atoms with E-state index in [1.807, 2.05) is 42.2 Å². The van der Waals surface area contributed by atoms with Crippen molar-refractivity contribution in [1.82, 2.24) is 9.88 Å². The van der Waals surface area contributed by atoms with Crippen LogP contribution in [0.3, 0.4) is 0 Å². The summed E-state index contributed by atoms with van der Waals surface area (Å²) in [6.45, 7) is 6.61. The Morgan fingerprint density at radius 1 is 1.05 bits per heavy atom. The third kappa shape index (κ3) is 3.02. The fourth-order valence-electron chi connectivity index (χ4n) is 2.64. The molecule has 0 radical (unpaired) electrons. The molecule has 4 nitrogen and oxygen atoms in total. The van der Waals surface area contributed by atoms with Gasteiger partial charge in [-0.05, 0) is 37.6 Å². The minimum absolute atomic E-state index is 0.0729. The molecule has 1 amide bonds. The summed E-state index contributed by atoms with van der Waals surface area (Å²) in [5, 5.41) is 0. The molecular formula is C18H20N2O2. The molecule has 4 heteroatoms. The number of hydrogen-bond acceptors (Lipinski definition) is 3. The monoisotopic (exact) mass is 296 g/mol. The number of benzene rings is 1. The summed E-state index contributed by atoms with van der Waals surface area (Å²) in [6.07, 6.45) is 0. The quantitative estimate of drug-likeness (QED) is 0.856. The molecule has 0 bridgehead atoms. The zero-order valence-corrected chi connectivity index (χ0v) is 13.0. The van der Waals surface area contributed by atoms with Gasteiger partial charge in [0.25, 0.3) is 5.91 Å². The van der Waals surface area contributed by atoms with E-state index < -0.39 is 0 Å². The Balaban J connectivity index is 1.83. The van der Waals surface area contributed by atoms with E-state index in [1.165, 1.54) is 0 Å². The number of ether oxygens (including phenoxy) is 1. The number of morpholine rings is 1. The molecule has 114 valence electrons. The van der Waals surface area contributed by atoms with Crippen LogP contribution in [0, 0.1) is 13.8 Å². The Morgan fingerprint density at radius 3 is 2.41 bits per heavy atom. The predicted octanol–water partition coefficient (Wildman–Crippen LogP) is 2.84. The fraction of sp³-hybridized carbons (Fsp3) is 0.333. The van der Waals surface area contributed by atoms with Gasteiger partial charge in [0, 0.05) is 29.9 Å². The topological polar surface area (TPSA) is 42.4 Å². The summed E-state index contributed by atoms with van der Waals surface area (Å²) in [7, 11) is 0. The lowest BCUT2D eigenvalue weighted by Crippen LogP contribution is -2.40. The first kappa shape index (κ1) is 14.7. The number of aromatic nitrogens is 1. The molecular weight excluding hydrogens is 276 g/mol. The number of aryl methyl sites for hydroxylation is 2. The van der Waals surface area contributed by atoms with Crippen LogP contribution >= 0.6 is 0 Å². The SMILES string of the molecule is Cc1ccc(C)c(-c2ccc(C(=O)N3CCOCC3)cc2)n1. The van der Waals surface area contributed by atoms with Crippen molar-refractivity contribution in [2.24, 2.45) is 0 Å². The second-order valence-electron chi connectivity index (χ2n) is 5.60. The van der Waals surface area contributed by atoms with Crippen LogP contribution in [0.25, 0.3) is 11.3 Å². The minimum atomic E-state index is 0.0729. The predicted molar refractivity (Wildman–Crippen MR) is 85.9 cm³/mol. The van der Waals surface area contributed by atoms with Crippen LogP contribution in [0.1, 0.15) is 21.6 Å². The summed E-state index contributed by atoms with van der Waals surface area (Å²) >= 11 is 0. The van der Waals surface area contributed by atoms with E-state index in [1.54, 1.807) is 0 Å². The summed E-state index contributed by atoms with van der Waals surface area (Å²) in [5.41, 5.74) is 4.87. The Morgan fingerprint density at radius 2 is 1.73 bits per heavy atom. The van der Waals surface area contributed by atoms with Crippen LogP contribution in [0.2, 0.25) is 0 Å². The Labute approximate surface area is 130 Å². The van der Waals surface area contributed by atoms with E-state index in [9.17, 15) is 4.79 Å². The third-order valence-electron chi connectivity index (χ3n) is 3.94. The lowest BCUT2D eigenvalue weighted by atomic mass is 10.0. The van der Waals surface area contributed by atoms with Crippen LogP contribution in [-0.4, -0.2) is 42.1 Å². The van der Waals surface area contributed by atoms with E-state index in [-0.39, 0.29) is 5.91 Å². The second kappa shape index (κ2) is 6.28. The van der Waals surface area contributed by atoms with Gasteiger partial charge in [-0.2, -0.15) is 0 Å². The van der Waals surface area contributed by atoms with Gasteiger partial charge in [0.1, 0.15) is 0 Å². The zero-order valence-electron chi connectivity index (χ0n) is 13.0. The Hall–Kier alpha value is -2.20. The molecule has 22 heavy (non-hydrogen) atoms. The highest BCUT2D eigenvalue weighted by atomic mass is 16.5. The van der Waals surface area contributed by atoms with Crippen LogP contribution in [0.5, 0.6) is 0 Å². The summed E-state index contributed by atoms with van der Waals surface area (Å²) in [6, 6.07) is 11.8. The normalized spacial score (nSPS) is 14.9. The number of pyridine rings is 1. The van der Waals surface area contributed by atoms with Crippen LogP contribution in [-0.2, 0) is 4.74 Å². The van der Waals surface area contributed by atoms with Crippen molar-refractivity contribution in [3.05, 3.63) is 53.2 Å². The first-order valence-electron chi connectivity index (χ1n) is 7.57. The average Bonchev–Trinajstić information content (AvgIpc) is 2.57. The molecule has 1 saturated heterocycles. The van der Waals surface area contributed by atoms with Crippen LogP contribution < -0.4 is 0 Å². The molecule has 1 aliphatic heterocycles. The van der Waals surface area contributed by atoms with Gasteiger partial charge in [0.2, 0.25) is 0 Å². The minimum Gasteiger partial charge on any atom is -0.378 e. The Kier molecular flexibility index (Phi) is 4.20. The number of rotatable bonds is 2. The third-order valence-corrected chi connectivity index (χ3v) is 3.94. The number of carbonyl (C=O) groups is 1. The molecule has 1 aromatic heterocycles. The van der Waals surface area contributed by atoms with Gasteiger partial charge in [-0.1, -0.05) is 18.2 Å². The molecule has 1 aromatic carbocycles. The first-order chi connectivity index (χ1) is 10.6. The van der Waals surface area contributed by atoms with E-state index in [0.717, 1.165) is 28.1 Å². The molecule has 1 fully saturated rings. The van der Waals surface area contributed by atoms with Gasteiger partial charge in [-0.25, -0.2) is 0 Å². The fourth-order valence-corrected chi connectivity index (χ4v) is 2.64. The van der Waals surface area contributed by atoms with E-state index in [2.05, 4.69) is 18.0 Å². The smallest absolute Gasteiger partial charge is 0.254 e. The number of amides is 1. The highest BCUT2D eigenvalue weighted by Gasteiger charge is 2.18. The number of nitrogens with zero attached hydrogens (tertiary/aromatic N) is 2. The van der Waals surface area contributed by atoms with E-state index in [4.69, 9.17) is 4.74 Å². The largest absolute Gasteiger partial charge is 0.378 e. The maximum atomic E-state index is 12.4. The molecule has 0 unspecified atom stereocenters. The van der Waals surface area contributed by atoms with Gasteiger partial charge in [-0.15, -0.1) is 0 Å². The summed E-state index contributed by atoms with van der Waals surface area (Å²) in [5.74, 6) is 0.0729. The van der Waals surface area contributed by atoms with Crippen LogP contribution in [0.4, 0.5) is 0 Å². The van der Waals surface area contributed by atoms with Gasteiger partial charge in [0.15, 0.2) is 0 Å². The van der Waals surface area contributed by atoms with Crippen molar-refractivity contribution in [3.8, 4) is 11.3 Å².